The Morgan fingerprint density at radius 3 is 2.44 bits per heavy atom. The monoisotopic (exact) mass is 125 g/mol. The van der Waals surface area contributed by atoms with Crippen LogP contribution >= 0.6 is 0 Å². The summed E-state index contributed by atoms with van der Waals surface area (Å²) in [6.45, 7) is 4.08. The second kappa shape index (κ2) is 2.21. The summed E-state index contributed by atoms with van der Waals surface area (Å²) in [5, 5.41) is 10.8. The van der Waals surface area contributed by atoms with Crippen molar-refractivity contribution in [2.45, 2.75) is 19.9 Å². The van der Waals surface area contributed by atoms with Crippen LogP contribution in [0.3, 0.4) is 0 Å². The van der Waals surface area contributed by atoms with Gasteiger partial charge in [-0.1, -0.05) is 13.8 Å². The van der Waals surface area contributed by atoms with Crippen molar-refractivity contribution in [3.8, 4) is 0 Å². The fraction of sp³-hybridized carbons (Fsp3) is 0.571. The van der Waals surface area contributed by atoms with Gasteiger partial charge in [-0.05, 0) is 6.08 Å². The van der Waals surface area contributed by atoms with Gasteiger partial charge in [0.1, 0.15) is 0 Å². The van der Waals surface area contributed by atoms with Crippen LogP contribution in [0.4, 0.5) is 0 Å². The maximum atomic E-state index is 10.8. The summed E-state index contributed by atoms with van der Waals surface area (Å²) in [6, 6.07) is 0.0741. The lowest BCUT2D eigenvalue weighted by molar-refractivity contribution is -0.487. The molecule has 0 radical (unpaired) electrons. The van der Waals surface area contributed by atoms with E-state index in [1.165, 1.54) is 0 Å². The van der Waals surface area contributed by atoms with E-state index in [1.807, 2.05) is 19.9 Å². The van der Waals surface area contributed by atoms with Crippen LogP contribution in [0.2, 0.25) is 0 Å². The average molecular weight is 125 g/mol. The van der Waals surface area contributed by atoms with E-state index in [-0.39, 0.29) is 6.04 Å². The maximum absolute atomic E-state index is 10.8. The van der Waals surface area contributed by atoms with Gasteiger partial charge >= 0.3 is 0 Å². The van der Waals surface area contributed by atoms with Gasteiger partial charge < -0.3 is 5.21 Å². The van der Waals surface area contributed by atoms with Crippen molar-refractivity contribution in [3.05, 3.63) is 17.4 Å². The lowest BCUT2D eigenvalue weighted by Gasteiger charge is -2.12. The lowest BCUT2D eigenvalue weighted by atomic mass is 10.1. The molecule has 0 aromatic heterocycles. The molecule has 1 rings (SSSR count). The molecule has 1 heterocycles. The molecule has 0 saturated carbocycles. The van der Waals surface area contributed by atoms with E-state index in [4.69, 9.17) is 0 Å². The summed E-state index contributed by atoms with van der Waals surface area (Å²) in [4.78, 5) is 0. The third-order valence-corrected chi connectivity index (χ3v) is 1.52. The molecule has 0 amide bonds. The fourth-order valence-electron chi connectivity index (χ4n) is 0.949. The van der Waals surface area contributed by atoms with Gasteiger partial charge in [0.15, 0.2) is 12.3 Å². The van der Waals surface area contributed by atoms with Crippen molar-refractivity contribution >= 4 is 6.21 Å². The van der Waals surface area contributed by atoms with Crippen LogP contribution in [-0.2, 0) is 0 Å². The highest BCUT2D eigenvalue weighted by Crippen LogP contribution is 2.09. The SMILES string of the molecule is CC(C)C1C=CC=[N+]1[O-]. The predicted molar refractivity (Wildman–Crippen MR) is 37.5 cm³/mol. The van der Waals surface area contributed by atoms with E-state index in [9.17, 15) is 5.21 Å². The van der Waals surface area contributed by atoms with Crippen LogP contribution in [0, 0.1) is 11.1 Å². The van der Waals surface area contributed by atoms with Gasteiger partial charge in [0.25, 0.3) is 0 Å². The Labute approximate surface area is 55.1 Å². The van der Waals surface area contributed by atoms with E-state index in [0.717, 1.165) is 4.74 Å². The highest BCUT2D eigenvalue weighted by molar-refractivity contribution is 5.68. The minimum absolute atomic E-state index is 0.0741. The quantitative estimate of drug-likeness (QED) is 0.381. The third-order valence-electron chi connectivity index (χ3n) is 1.52. The van der Waals surface area contributed by atoms with Crippen molar-refractivity contribution in [3.63, 3.8) is 0 Å². The second-order valence-electron chi connectivity index (χ2n) is 2.63. The standard InChI is InChI=1S/C7H11NO/c1-6(2)7-4-3-5-8(7)9/h3-7H,1-2H3. The first-order valence-electron chi connectivity index (χ1n) is 3.19. The van der Waals surface area contributed by atoms with E-state index >= 15 is 0 Å². The Bertz CT molecular complexity index is 158. The van der Waals surface area contributed by atoms with E-state index in [1.54, 1.807) is 12.3 Å². The molecular formula is C7H11NO. The first-order chi connectivity index (χ1) is 4.22. The molecule has 0 N–H and O–H groups in total. The van der Waals surface area contributed by atoms with Crippen LogP contribution in [0.25, 0.3) is 0 Å². The maximum Gasteiger partial charge on any atom is 0.184 e. The smallest absolute Gasteiger partial charge is 0.184 e. The molecule has 2 heteroatoms. The number of nitrogens with zero attached hydrogens (tertiary/aromatic N) is 1. The summed E-state index contributed by atoms with van der Waals surface area (Å²) in [5.74, 6) is 0.414. The molecule has 0 aromatic rings. The van der Waals surface area contributed by atoms with Crippen molar-refractivity contribution in [2.24, 2.45) is 5.92 Å². The molecule has 0 saturated heterocycles. The molecule has 1 unspecified atom stereocenters. The Balaban J connectivity index is 2.63. The first-order valence-corrected chi connectivity index (χ1v) is 3.19. The molecule has 0 aromatic carbocycles. The molecular weight excluding hydrogens is 114 g/mol. The molecule has 0 aliphatic carbocycles. The molecule has 0 fully saturated rings. The molecule has 1 atom stereocenters. The zero-order valence-corrected chi connectivity index (χ0v) is 5.74. The number of rotatable bonds is 1. The first kappa shape index (κ1) is 6.33. The van der Waals surface area contributed by atoms with Crippen LogP contribution in [0.1, 0.15) is 13.8 Å². The molecule has 1 aliphatic rings. The molecule has 0 bridgehead atoms. The summed E-state index contributed by atoms with van der Waals surface area (Å²) < 4.78 is 0.991. The summed E-state index contributed by atoms with van der Waals surface area (Å²) in [7, 11) is 0. The minimum Gasteiger partial charge on any atom is -0.623 e. The average Bonchev–Trinajstić information content (AvgIpc) is 2.13. The minimum atomic E-state index is 0.0741. The van der Waals surface area contributed by atoms with Gasteiger partial charge in [-0.15, -0.1) is 0 Å². The van der Waals surface area contributed by atoms with Gasteiger partial charge in [0.2, 0.25) is 0 Å². The van der Waals surface area contributed by atoms with Gasteiger partial charge in [0, 0.05) is 12.0 Å². The van der Waals surface area contributed by atoms with Crippen LogP contribution in [-0.4, -0.2) is 17.0 Å². The zero-order chi connectivity index (χ0) is 6.85. The molecule has 50 valence electrons. The van der Waals surface area contributed by atoms with Gasteiger partial charge in [-0.25, -0.2) is 4.74 Å². The number of hydroxylamine groups is 1. The molecule has 0 spiro atoms. The predicted octanol–water partition coefficient (Wildman–Crippen LogP) is 1.16. The Kier molecular flexibility index (Phi) is 1.56. The van der Waals surface area contributed by atoms with E-state index < -0.39 is 0 Å². The number of allylic oxidation sites excluding steroid dienone is 1. The highest BCUT2D eigenvalue weighted by atomic mass is 16.5. The Morgan fingerprint density at radius 2 is 2.22 bits per heavy atom. The van der Waals surface area contributed by atoms with Crippen molar-refractivity contribution in [1.82, 2.24) is 0 Å². The summed E-state index contributed by atoms with van der Waals surface area (Å²) in [6.07, 6.45) is 5.29. The van der Waals surface area contributed by atoms with Crippen LogP contribution in [0.5, 0.6) is 0 Å². The Morgan fingerprint density at radius 1 is 1.56 bits per heavy atom. The van der Waals surface area contributed by atoms with Gasteiger partial charge in [-0.2, -0.15) is 0 Å². The normalized spacial score (nSPS) is 25.2. The topological polar surface area (TPSA) is 26.1 Å². The molecule has 9 heavy (non-hydrogen) atoms. The fourth-order valence-corrected chi connectivity index (χ4v) is 0.949. The van der Waals surface area contributed by atoms with Crippen LogP contribution in [0.15, 0.2) is 12.2 Å². The largest absolute Gasteiger partial charge is 0.623 e. The number of hydrogen-bond acceptors (Lipinski definition) is 1. The molecule has 1 aliphatic heterocycles. The van der Waals surface area contributed by atoms with E-state index in [2.05, 4.69) is 0 Å². The van der Waals surface area contributed by atoms with Crippen LogP contribution < -0.4 is 0 Å². The highest BCUT2D eigenvalue weighted by Gasteiger charge is 2.19. The van der Waals surface area contributed by atoms with Crippen molar-refractivity contribution < 1.29 is 4.74 Å². The number of hydrogen-bond donors (Lipinski definition) is 0. The lowest BCUT2D eigenvalue weighted by Crippen LogP contribution is -2.21. The van der Waals surface area contributed by atoms with Gasteiger partial charge in [0.05, 0.1) is 0 Å². The summed E-state index contributed by atoms with van der Waals surface area (Å²) in [5.41, 5.74) is 0. The van der Waals surface area contributed by atoms with Gasteiger partial charge in [-0.3, -0.25) is 0 Å². The molecule has 2 nitrogen and oxygen atoms in total. The zero-order valence-electron chi connectivity index (χ0n) is 5.74. The van der Waals surface area contributed by atoms with Crippen molar-refractivity contribution in [1.29, 1.82) is 0 Å². The third kappa shape index (κ3) is 1.12. The van der Waals surface area contributed by atoms with E-state index in [0.29, 0.717) is 5.92 Å². The Hall–Kier alpha value is -0.790. The summed E-state index contributed by atoms with van der Waals surface area (Å²) >= 11 is 0. The van der Waals surface area contributed by atoms with Crippen molar-refractivity contribution in [2.75, 3.05) is 0 Å². The second-order valence-corrected chi connectivity index (χ2v) is 2.63.